The normalized spacial score (nSPS) is 17.2. The number of carbonyl (C=O) groups excluding carboxylic acids is 1. The molecule has 86 valence electrons. The summed E-state index contributed by atoms with van der Waals surface area (Å²) in [4.78, 5) is 12.1. The van der Waals surface area contributed by atoms with Crippen molar-refractivity contribution in [3.05, 3.63) is 35.9 Å². The van der Waals surface area contributed by atoms with Crippen LogP contribution in [-0.4, -0.2) is 12.5 Å². The molecular formula is C14H19NO. The van der Waals surface area contributed by atoms with E-state index in [0.717, 1.165) is 24.9 Å². The molecule has 0 aliphatic heterocycles. The Bertz CT molecular complexity index is 366. The molecule has 1 N–H and O–H groups in total. The molecule has 0 heterocycles. The lowest BCUT2D eigenvalue weighted by molar-refractivity contribution is -0.123. The Morgan fingerprint density at radius 3 is 2.44 bits per heavy atom. The molecule has 0 aromatic heterocycles. The summed E-state index contributed by atoms with van der Waals surface area (Å²) in [6.45, 7) is 5.00. The Labute approximate surface area is 97.1 Å². The monoisotopic (exact) mass is 217 g/mol. The molecule has 1 fully saturated rings. The molecule has 0 bridgehead atoms. The van der Waals surface area contributed by atoms with Crippen LogP contribution in [0.5, 0.6) is 0 Å². The highest BCUT2D eigenvalue weighted by atomic mass is 16.2. The van der Waals surface area contributed by atoms with E-state index in [-0.39, 0.29) is 11.3 Å². The number of hydrogen-bond donors (Lipinski definition) is 1. The zero-order chi connectivity index (χ0) is 11.6. The van der Waals surface area contributed by atoms with E-state index in [1.807, 2.05) is 18.2 Å². The van der Waals surface area contributed by atoms with E-state index in [1.54, 1.807) is 0 Å². The fraction of sp³-hybridized carbons (Fsp3) is 0.500. The second-order valence-corrected chi connectivity index (χ2v) is 5.05. The van der Waals surface area contributed by atoms with Crippen molar-refractivity contribution in [2.24, 2.45) is 5.92 Å². The number of rotatable bonds is 4. The number of amides is 1. The van der Waals surface area contributed by atoms with Crippen molar-refractivity contribution in [2.75, 3.05) is 6.54 Å². The molecule has 0 atom stereocenters. The zero-order valence-corrected chi connectivity index (χ0v) is 9.99. The summed E-state index contributed by atoms with van der Waals surface area (Å²) < 4.78 is 0. The molecule has 2 rings (SSSR count). The third kappa shape index (κ3) is 2.11. The molecule has 0 radical (unpaired) electrons. The fourth-order valence-corrected chi connectivity index (χ4v) is 2.00. The second-order valence-electron chi connectivity index (χ2n) is 5.05. The highest BCUT2D eigenvalue weighted by molar-refractivity contribution is 5.91. The van der Waals surface area contributed by atoms with E-state index in [2.05, 4.69) is 31.3 Å². The van der Waals surface area contributed by atoms with Crippen LogP contribution in [0, 0.1) is 5.92 Å². The first-order valence-electron chi connectivity index (χ1n) is 5.99. The lowest BCUT2D eigenvalue weighted by atomic mass is 9.95. The average molecular weight is 217 g/mol. The summed E-state index contributed by atoms with van der Waals surface area (Å²) in [7, 11) is 0. The van der Waals surface area contributed by atoms with Crippen molar-refractivity contribution < 1.29 is 4.79 Å². The molecule has 1 aromatic rings. The SMILES string of the molecule is CC(C)CNC(=O)C1(c2ccccc2)CC1. The Morgan fingerprint density at radius 1 is 1.31 bits per heavy atom. The summed E-state index contributed by atoms with van der Waals surface area (Å²) in [5.74, 6) is 0.711. The minimum Gasteiger partial charge on any atom is -0.355 e. The maximum Gasteiger partial charge on any atom is 0.230 e. The summed E-state index contributed by atoms with van der Waals surface area (Å²) >= 11 is 0. The van der Waals surface area contributed by atoms with Gasteiger partial charge >= 0.3 is 0 Å². The number of hydrogen-bond acceptors (Lipinski definition) is 1. The predicted molar refractivity (Wildman–Crippen MR) is 65.2 cm³/mol. The fourth-order valence-electron chi connectivity index (χ4n) is 2.00. The van der Waals surface area contributed by atoms with Crippen LogP contribution >= 0.6 is 0 Å². The number of carbonyl (C=O) groups is 1. The number of benzene rings is 1. The van der Waals surface area contributed by atoms with Gasteiger partial charge in [0.05, 0.1) is 5.41 Å². The van der Waals surface area contributed by atoms with Crippen LogP contribution in [0.15, 0.2) is 30.3 Å². The lowest BCUT2D eigenvalue weighted by Crippen LogP contribution is -2.36. The van der Waals surface area contributed by atoms with Crippen LogP contribution < -0.4 is 5.32 Å². The molecular weight excluding hydrogens is 198 g/mol. The van der Waals surface area contributed by atoms with Gasteiger partial charge in [-0.2, -0.15) is 0 Å². The van der Waals surface area contributed by atoms with Gasteiger partial charge in [0.15, 0.2) is 0 Å². The standard InChI is InChI=1S/C14H19NO/c1-11(2)10-15-13(16)14(8-9-14)12-6-4-3-5-7-12/h3-7,11H,8-10H2,1-2H3,(H,15,16). The van der Waals surface area contributed by atoms with Gasteiger partial charge in [-0.05, 0) is 24.3 Å². The van der Waals surface area contributed by atoms with Crippen molar-refractivity contribution in [3.8, 4) is 0 Å². The summed E-state index contributed by atoms with van der Waals surface area (Å²) in [6, 6.07) is 10.1. The van der Waals surface area contributed by atoms with Crippen LogP contribution in [0.3, 0.4) is 0 Å². The Hall–Kier alpha value is -1.31. The maximum atomic E-state index is 12.1. The van der Waals surface area contributed by atoms with E-state index in [4.69, 9.17) is 0 Å². The Morgan fingerprint density at radius 2 is 1.94 bits per heavy atom. The third-order valence-electron chi connectivity index (χ3n) is 3.18. The molecule has 0 unspecified atom stereocenters. The first kappa shape index (κ1) is 11.2. The number of nitrogens with one attached hydrogen (secondary N) is 1. The van der Waals surface area contributed by atoms with E-state index in [1.165, 1.54) is 0 Å². The van der Waals surface area contributed by atoms with E-state index in [9.17, 15) is 4.79 Å². The third-order valence-corrected chi connectivity index (χ3v) is 3.18. The molecule has 1 amide bonds. The van der Waals surface area contributed by atoms with Gasteiger partial charge < -0.3 is 5.32 Å². The van der Waals surface area contributed by atoms with Gasteiger partial charge in [-0.1, -0.05) is 44.2 Å². The van der Waals surface area contributed by atoms with Crippen LogP contribution in [0.1, 0.15) is 32.3 Å². The van der Waals surface area contributed by atoms with Gasteiger partial charge in [-0.25, -0.2) is 0 Å². The molecule has 0 saturated heterocycles. The Balaban J connectivity index is 2.06. The molecule has 1 aromatic carbocycles. The van der Waals surface area contributed by atoms with E-state index in [0.29, 0.717) is 5.92 Å². The molecule has 2 heteroatoms. The highest BCUT2D eigenvalue weighted by Gasteiger charge is 2.50. The van der Waals surface area contributed by atoms with Crippen LogP contribution in [0.4, 0.5) is 0 Å². The maximum absolute atomic E-state index is 12.1. The van der Waals surface area contributed by atoms with Crippen LogP contribution in [-0.2, 0) is 10.2 Å². The lowest BCUT2D eigenvalue weighted by Gasteiger charge is -2.16. The van der Waals surface area contributed by atoms with Crippen molar-refractivity contribution in [2.45, 2.75) is 32.1 Å². The smallest absolute Gasteiger partial charge is 0.230 e. The van der Waals surface area contributed by atoms with Crippen LogP contribution in [0.25, 0.3) is 0 Å². The molecule has 0 spiro atoms. The minimum atomic E-state index is -0.212. The first-order chi connectivity index (χ1) is 7.65. The largest absolute Gasteiger partial charge is 0.355 e. The van der Waals surface area contributed by atoms with Crippen molar-refractivity contribution in [3.63, 3.8) is 0 Å². The van der Waals surface area contributed by atoms with Gasteiger partial charge in [0.25, 0.3) is 0 Å². The van der Waals surface area contributed by atoms with Crippen LogP contribution in [0.2, 0.25) is 0 Å². The molecule has 2 nitrogen and oxygen atoms in total. The van der Waals surface area contributed by atoms with E-state index < -0.39 is 0 Å². The predicted octanol–water partition coefficient (Wildman–Crippen LogP) is 2.49. The molecule has 1 aliphatic rings. The topological polar surface area (TPSA) is 29.1 Å². The van der Waals surface area contributed by atoms with Crippen molar-refractivity contribution >= 4 is 5.91 Å². The molecule has 1 aliphatic carbocycles. The summed E-state index contributed by atoms with van der Waals surface area (Å²) in [5.41, 5.74) is 0.951. The van der Waals surface area contributed by atoms with Gasteiger partial charge in [0.2, 0.25) is 5.91 Å². The van der Waals surface area contributed by atoms with Crippen molar-refractivity contribution in [1.82, 2.24) is 5.32 Å². The summed E-state index contributed by atoms with van der Waals surface area (Å²) in [6.07, 6.45) is 1.97. The first-order valence-corrected chi connectivity index (χ1v) is 5.99. The van der Waals surface area contributed by atoms with Gasteiger partial charge in [0, 0.05) is 6.54 Å². The van der Waals surface area contributed by atoms with E-state index >= 15 is 0 Å². The van der Waals surface area contributed by atoms with Gasteiger partial charge in [0.1, 0.15) is 0 Å². The summed E-state index contributed by atoms with van der Waals surface area (Å²) in [5, 5.41) is 3.04. The zero-order valence-electron chi connectivity index (χ0n) is 9.99. The minimum absolute atomic E-state index is 0.201. The van der Waals surface area contributed by atoms with Gasteiger partial charge in [-0.3, -0.25) is 4.79 Å². The van der Waals surface area contributed by atoms with Crippen molar-refractivity contribution in [1.29, 1.82) is 0 Å². The van der Waals surface area contributed by atoms with Gasteiger partial charge in [-0.15, -0.1) is 0 Å². The quantitative estimate of drug-likeness (QED) is 0.825. The highest BCUT2D eigenvalue weighted by Crippen LogP contribution is 2.48. The Kier molecular flexibility index (Phi) is 2.99. The average Bonchev–Trinajstić information content (AvgIpc) is 3.08. The molecule has 1 saturated carbocycles. The molecule has 16 heavy (non-hydrogen) atoms. The second kappa shape index (κ2) is 4.28.